The molecule has 0 aromatic carbocycles. The van der Waals surface area contributed by atoms with Crippen molar-refractivity contribution in [2.24, 2.45) is 0 Å². The average molecular weight is 241 g/mol. The van der Waals surface area contributed by atoms with Crippen molar-refractivity contribution in [2.45, 2.75) is 6.04 Å². The Hall–Kier alpha value is -1.77. The number of pyridine rings is 1. The quantitative estimate of drug-likeness (QED) is 0.680. The fraction of sp³-hybridized carbons (Fsp3) is 0.200. The number of carbonyl (C=O) groups is 1. The molecule has 1 heterocycles. The highest BCUT2D eigenvalue weighted by Crippen LogP contribution is 2.20. The molecule has 0 bridgehead atoms. The molecule has 0 saturated heterocycles. The van der Waals surface area contributed by atoms with E-state index in [1.807, 2.05) is 0 Å². The lowest BCUT2D eigenvalue weighted by Crippen LogP contribution is -2.22. The van der Waals surface area contributed by atoms with Gasteiger partial charge in [0.25, 0.3) is 0 Å². The number of halogens is 1. The van der Waals surface area contributed by atoms with Gasteiger partial charge in [-0.15, -0.1) is 6.42 Å². The van der Waals surface area contributed by atoms with Crippen molar-refractivity contribution >= 4 is 23.4 Å². The first kappa shape index (κ1) is 12.3. The van der Waals surface area contributed by atoms with E-state index in [1.165, 1.54) is 6.07 Å². The highest BCUT2D eigenvalue weighted by atomic mass is 35.5. The van der Waals surface area contributed by atoms with Crippen LogP contribution in [-0.4, -0.2) is 33.8 Å². The van der Waals surface area contributed by atoms with Crippen LogP contribution in [0.25, 0.3) is 0 Å². The van der Waals surface area contributed by atoms with Gasteiger partial charge in [-0.25, -0.2) is 9.78 Å². The van der Waals surface area contributed by atoms with Crippen molar-refractivity contribution in [3.8, 4) is 12.3 Å². The van der Waals surface area contributed by atoms with E-state index in [-0.39, 0.29) is 23.0 Å². The molecule has 0 amide bonds. The number of hydrogen-bond donors (Lipinski definition) is 3. The zero-order valence-electron chi connectivity index (χ0n) is 8.14. The van der Waals surface area contributed by atoms with E-state index in [0.717, 1.165) is 6.20 Å². The number of hydrogen-bond acceptors (Lipinski definition) is 4. The minimum atomic E-state index is -1.11. The van der Waals surface area contributed by atoms with Gasteiger partial charge in [0.15, 0.2) is 0 Å². The molecule has 0 aliphatic heterocycles. The van der Waals surface area contributed by atoms with E-state index >= 15 is 0 Å². The zero-order valence-corrected chi connectivity index (χ0v) is 8.90. The van der Waals surface area contributed by atoms with Gasteiger partial charge in [-0.05, 0) is 6.07 Å². The summed E-state index contributed by atoms with van der Waals surface area (Å²) < 4.78 is 0. The maximum atomic E-state index is 10.6. The summed E-state index contributed by atoms with van der Waals surface area (Å²) in [5.41, 5.74) is -0.0168. The number of anilines is 1. The number of rotatable bonds is 4. The number of terminal acetylenes is 1. The maximum absolute atomic E-state index is 10.6. The molecule has 0 aliphatic rings. The molecule has 1 rings (SSSR count). The molecule has 5 nitrogen and oxygen atoms in total. The van der Waals surface area contributed by atoms with Gasteiger partial charge in [-0.3, -0.25) is 0 Å². The van der Waals surface area contributed by atoms with Gasteiger partial charge >= 0.3 is 5.97 Å². The van der Waals surface area contributed by atoms with Crippen molar-refractivity contribution in [3.63, 3.8) is 0 Å². The fourth-order valence-electron chi connectivity index (χ4n) is 0.966. The number of aliphatic hydroxyl groups is 1. The fourth-order valence-corrected chi connectivity index (χ4v) is 1.19. The van der Waals surface area contributed by atoms with E-state index in [9.17, 15) is 4.79 Å². The highest BCUT2D eigenvalue weighted by molar-refractivity contribution is 6.33. The summed E-state index contributed by atoms with van der Waals surface area (Å²) in [7, 11) is 0. The second-order valence-electron chi connectivity index (χ2n) is 2.91. The van der Waals surface area contributed by atoms with Crippen LogP contribution in [0.5, 0.6) is 0 Å². The smallest absolute Gasteiger partial charge is 0.337 e. The molecule has 0 fully saturated rings. The number of aromatic carboxylic acids is 1. The lowest BCUT2D eigenvalue weighted by molar-refractivity contribution is 0.0696. The average Bonchev–Trinajstić information content (AvgIpc) is 2.27. The summed E-state index contributed by atoms with van der Waals surface area (Å²) in [6.45, 7) is -0.269. The van der Waals surface area contributed by atoms with Crippen LogP contribution in [0, 0.1) is 12.3 Å². The Kier molecular flexibility index (Phi) is 4.11. The van der Waals surface area contributed by atoms with E-state index in [4.69, 9.17) is 28.2 Å². The van der Waals surface area contributed by atoms with Gasteiger partial charge in [0.05, 0.1) is 17.2 Å². The van der Waals surface area contributed by atoms with Gasteiger partial charge in [-0.1, -0.05) is 17.5 Å². The molecule has 1 aromatic rings. The van der Waals surface area contributed by atoms with Crippen molar-refractivity contribution in [1.82, 2.24) is 4.98 Å². The molecule has 0 spiro atoms. The Morgan fingerprint density at radius 1 is 1.75 bits per heavy atom. The van der Waals surface area contributed by atoms with Crippen LogP contribution in [0.2, 0.25) is 5.02 Å². The molecular formula is C10H9ClN2O3. The third-order valence-electron chi connectivity index (χ3n) is 1.78. The summed E-state index contributed by atoms with van der Waals surface area (Å²) in [4.78, 5) is 14.4. The van der Waals surface area contributed by atoms with Crippen LogP contribution in [0.1, 0.15) is 10.4 Å². The Labute approximate surface area is 97.1 Å². The number of carboxylic acid groups (broad SMARTS) is 1. The Morgan fingerprint density at radius 2 is 2.44 bits per heavy atom. The predicted molar refractivity (Wildman–Crippen MR) is 59.5 cm³/mol. The van der Waals surface area contributed by atoms with Crippen molar-refractivity contribution in [3.05, 3.63) is 22.8 Å². The SMILES string of the molecule is C#CC(CO)Nc1ncc(C(=O)O)cc1Cl. The van der Waals surface area contributed by atoms with Crippen LogP contribution in [0.4, 0.5) is 5.82 Å². The first-order chi connectivity index (χ1) is 7.58. The number of aliphatic hydroxyl groups excluding tert-OH is 1. The molecule has 0 saturated carbocycles. The van der Waals surface area contributed by atoms with Gasteiger partial charge in [-0.2, -0.15) is 0 Å². The minimum Gasteiger partial charge on any atom is -0.478 e. The van der Waals surface area contributed by atoms with Gasteiger partial charge < -0.3 is 15.5 Å². The lowest BCUT2D eigenvalue weighted by atomic mass is 10.2. The monoisotopic (exact) mass is 240 g/mol. The Bertz CT molecular complexity index is 442. The largest absolute Gasteiger partial charge is 0.478 e. The van der Waals surface area contributed by atoms with Crippen LogP contribution < -0.4 is 5.32 Å². The number of aromatic nitrogens is 1. The molecule has 3 N–H and O–H groups in total. The standard InChI is InChI=1S/C10H9ClN2O3/c1-2-7(5-14)13-9-8(11)3-6(4-12-9)10(15)16/h1,3-4,7,14H,5H2,(H,12,13)(H,15,16). The molecule has 1 unspecified atom stereocenters. The summed E-state index contributed by atoms with van der Waals surface area (Å²) in [6, 6.07) is 0.644. The highest BCUT2D eigenvalue weighted by Gasteiger charge is 2.10. The molecule has 84 valence electrons. The van der Waals surface area contributed by atoms with E-state index in [2.05, 4.69) is 16.2 Å². The number of nitrogens with zero attached hydrogens (tertiary/aromatic N) is 1. The lowest BCUT2D eigenvalue weighted by Gasteiger charge is -2.11. The van der Waals surface area contributed by atoms with Crippen LogP contribution in [0.3, 0.4) is 0 Å². The molecular weight excluding hydrogens is 232 g/mol. The maximum Gasteiger partial charge on any atom is 0.337 e. The number of nitrogens with one attached hydrogen (secondary N) is 1. The summed E-state index contributed by atoms with van der Waals surface area (Å²) in [5, 5.41) is 20.4. The summed E-state index contributed by atoms with van der Waals surface area (Å²) in [6.07, 6.45) is 6.28. The third-order valence-corrected chi connectivity index (χ3v) is 2.07. The third kappa shape index (κ3) is 2.86. The van der Waals surface area contributed by atoms with Gasteiger partial charge in [0, 0.05) is 6.20 Å². The van der Waals surface area contributed by atoms with Gasteiger partial charge in [0.2, 0.25) is 0 Å². The normalized spacial score (nSPS) is 11.6. The second-order valence-corrected chi connectivity index (χ2v) is 3.31. The van der Waals surface area contributed by atoms with E-state index in [0.29, 0.717) is 0 Å². The van der Waals surface area contributed by atoms with Crippen molar-refractivity contribution in [1.29, 1.82) is 0 Å². The first-order valence-corrected chi connectivity index (χ1v) is 4.68. The van der Waals surface area contributed by atoms with Crippen LogP contribution >= 0.6 is 11.6 Å². The molecule has 0 aliphatic carbocycles. The molecule has 1 aromatic heterocycles. The van der Waals surface area contributed by atoms with Gasteiger partial charge in [0.1, 0.15) is 11.9 Å². The topological polar surface area (TPSA) is 82.5 Å². The second kappa shape index (κ2) is 5.35. The first-order valence-electron chi connectivity index (χ1n) is 4.31. The summed E-state index contributed by atoms with van der Waals surface area (Å²) in [5.74, 6) is 1.41. The minimum absolute atomic E-state index is 0.0168. The van der Waals surface area contributed by atoms with E-state index < -0.39 is 12.0 Å². The Morgan fingerprint density at radius 3 is 2.88 bits per heavy atom. The predicted octanol–water partition coefficient (Wildman–Crippen LogP) is 0.839. The molecule has 1 atom stereocenters. The summed E-state index contributed by atoms with van der Waals surface area (Å²) >= 11 is 5.79. The molecule has 0 radical (unpaired) electrons. The van der Waals surface area contributed by atoms with Crippen molar-refractivity contribution < 1.29 is 15.0 Å². The zero-order chi connectivity index (χ0) is 12.1. The Balaban J connectivity index is 2.92. The van der Waals surface area contributed by atoms with E-state index in [1.54, 1.807) is 0 Å². The molecule has 6 heteroatoms. The van der Waals surface area contributed by atoms with Crippen molar-refractivity contribution in [2.75, 3.05) is 11.9 Å². The van der Waals surface area contributed by atoms with Crippen LogP contribution in [0.15, 0.2) is 12.3 Å². The molecule has 16 heavy (non-hydrogen) atoms. The van der Waals surface area contributed by atoms with Crippen LogP contribution in [-0.2, 0) is 0 Å². The number of carboxylic acids is 1.